The average molecular weight is 238 g/mol. The third-order valence-corrected chi connectivity index (χ3v) is 1.82. The molecular weight excluding hydrogens is 231 g/mol. The van der Waals surface area contributed by atoms with Crippen LogP contribution in [0, 0.1) is 11.6 Å². The van der Waals surface area contributed by atoms with Gasteiger partial charge >= 0.3 is 6.18 Å². The minimum absolute atomic E-state index is 0.387. The summed E-state index contributed by atoms with van der Waals surface area (Å²) in [6.07, 6.45) is -6.57. The highest BCUT2D eigenvalue weighted by Gasteiger charge is 2.28. The molecule has 0 aromatic heterocycles. The number of carbonyl (C=O) groups excluding carboxylic acids is 1. The van der Waals surface area contributed by atoms with Gasteiger partial charge in [0.1, 0.15) is 11.6 Å². The maximum Gasteiger partial charge on any atom is 0.389 e. The minimum Gasteiger partial charge on any atom is -0.294 e. The maximum absolute atomic E-state index is 12.6. The van der Waals surface area contributed by atoms with Crippen molar-refractivity contribution < 1.29 is 26.7 Å². The van der Waals surface area contributed by atoms with Crippen molar-refractivity contribution in [3.63, 3.8) is 0 Å². The number of hydrogen-bond acceptors (Lipinski definition) is 1. The zero-order chi connectivity index (χ0) is 12.3. The van der Waals surface area contributed by atoms with Crippen LogP contribution in [0.25, 0.3) is 0 Å². The van der Waals surface area contributed by atoms with Crippen LogP contribution in [0.3, 0.4) is 0 Å². The third-order valence-electron chi connectivity index (χ3n) is 1.82. The Bertz CT molecular complexity index is 376. The van der Waals surface area contributed by atoms with E-state index in [0.717, 1.165) is 0 Å². The molecule has 1 nitrogen and oxygen atoms in total. The van der Waals surface area contributed by atoms with Crippen molar-refractivity contribution in [2.75, 3.05) is 0 Å². The molecule has 0 N–H and O–H groups in total. The molecule has 0 spiro atoms. The SMILES string of the molecule is O=C(CCC(F)(F)F)c1cc(F)cc(F)c1. The number of alkyl halides is 3. The third kappa shape index (κ3) is 3.96. The summed E-state index contributed by atoms with van der Waals surface area (Å²) in [4.78, 5) is 11.2. The van der Waals surface area contributed by atoms with E-state index >= 15 is 0 Å². The van der Waals surface area contributed by atoms with Crippen LogP contribution in [0.5, 0.6) is 0 Å². The van der Waals surface area contributed by atoms with Crippen LogP contribution < -0.4 is 0 Å². The maximum atomic E-state index is 12.6. The van der Waals surface area contributed by atoms with E-state index in [-0.39, 0.29) is 5.56 Å². The van der Waals surface area contributed by atoms with E-state index in [1.807, 2.05) is 0 Å². The normalized spacial score (nSPS) is 11.6. The van der Waals surface area contributed by atoms with Gasteiger partial charge in [0.2, 0.25) is 0 Å². The molecule has 0 radical (unpaired) electrons. The first-order valence-corrected chi connectivity index (χ1v) is 4.34. The van der Waals surface area contributed by atoms with Gasteiger partial charge in [0.15, 0.2) is 5.78 Å². The fourth-order valence-electron chi connectivity index (χ4n) is 1.11. The molecule has 1 aromatic rings. The van der Waals surface area contributed by atoms with Gasteiger partial charge in [-0.05, 0) is 12.1 Å². The Hall–Kier alpha value is -1.46. The van der Waals surface area contributed by atoms with Crippen LogP contribution >= 0.6 is 0 Å². The molecule has 88 valence electrons. The Morgan fingerprint density at radius 2 is 1.56 bits per heavy atom. The van der Waals surface area contributed by atoms with Crippen molar-refractivity contribution in [3.05, 3.63) is 35.4 Å². The van der Waals surface area contributed by atoms with Crippen LogP contribution in [0.4, 0.5) is 22.0 Å². The van der Waals surface area contributed by atoms with Crippen LogP contribution in [0.15, 0.2) is 18.2 Å². The molecule has 1 aromatic carbocycles. The van der Waals surface area contributed by atoms with E-state index in [2.05, 4.69) is 0 Å². The van der Waals surface area contributed by atoms with Crippen molar-refractivity contribution in [2.45, 2.75) is 19.0 Å². The number of ketones is 1. The van der Waals surface area contributed by atoms with Crippen molar-refractivity contribution in [1.82, 2.24) is 0 Å². The van der Waals surface area contributed by atoms with Crippen molar-refractivity contribution in [1.29, 1.82) is 0 Å². The molecule has 0 unspecified atom stereocenters. The fourth-order valence-corrected chi connectivity index (χ4v) is 1.11. The molecule has 0 amide bonds. The van der Waals surface area contributed by atoms with Gasteiger partial charge in [0.05, 0.1) is 6.42 Å². The van der Waals surface area contributed by atoms with Crippen LogP contribution in [-0.4, -0.2) is 12.0 Å². The lowest BCUT2D eigenvalue weighted by Crippen LogP contribution is -2.11. The van der Waals surface area contributed by atoms with Crippen LogP contribution in [0.1, 0.15) is 23.2 Å². The summed E-state index contributed by atoms with van der Waals surface area (Å²) in [5.74, 6) is -2.92. The van der Waals surface area contributed by atoms with E-state index in [1.54, 1.807) is 0 Å². The summed E-state index contributed by atoms with van der Waals surface area (Å²) < 4.78 is 60.7. The first kappa shape index (κ1) is 12.6. The zero-order valence-electron chi connectivity index (χ0n) is 7.94. The minimum atomic E-state index is -4.46. The number of Topliss-reactive ketones (excluding diaryl/α,β-unsaturated/α-hetero) is 1. The first-order valence-electron chi connectivity index (χ1n) is 4.34. The molecule has 0 aliphatic heterocycles. The molecule has 0 heterocycles. The van der Waals surface area contributed by atoms with E-state index in [4.69, 9.17) is 0 Å². The van der Waals surface area contributed by atoms with E-state index in [9.17, 15) is 26.7 Å². The van der Waals surface area contributed by atoms with Gasteiger partial charge < -0.3 is 0 Å². The molecule has 0 aliphatic rings. The molecular formula is C10H7F5O. The molecule has 0 bridgehead atoms. The predicted molar refractivity (Wildman–Crippen MR) is 46.0 cm³/mol. The van der Waals surface area contributed by atoms with Gasteiger partial charge in [0, 0.05) is 18.1 Å². The summed E-state index contributed by atoms with van der Waals surface area (Å²) >= 11 is 0. The second kappa shape index (κ2) is 4.59. The van der Waals surface area contributed by atoms with Crippen molar-refractivity contribution in [3.8, 4) is 0 Å². The van der Waals surface area contributed by atoms with Gasteiger partial charge in [-0.3, -0.25) is 4.79 Å². The Morgan fingerprint density at radius 3 is 2.00 bits per heavy atom. The number of rotatable bonds is 3. The van der Waals surface area contributed by atoms with Crippen molar-refractivity contribution in [2.24, 2.45) is 0 Å². The lowest BCUT2D eigenvalue weighted by molar-refractivity contribution is -0.133. The summed E-state index contributed by atoms with van der Waals surface area (Å²) in [7, 11) is 0. The largest absolute Gasteiger partial charge is 0.389 e. The fraction of sp³-hybridized carbons (Fsp3) is 0.300. The number of carbonyl (C=O) groups is 1. The Labute approximate surface area is 87.9 Å². The summed E-state index contributed by atoms with van der Waals surface area (Å²) in [5.41, 5.74) is -0.387. The molecule has 0 aliphatic carbocycles. The highest BCUT2D eigenvalue weighted by molar-refractivity contribution is 5.96. The summed E-state index contributed by atoms with van der Waals surface area (Å²) in [6, 6.07) is 1.96. The molecule has 0 saturated heterocycles. The van der Waals surface area contributed by atoms with Gasteiger partial charge in [-0.15, -0.1) is 0 Å². The molecule has 16 heavy (non-hydrogen) atoms. The molecule has 6 heteroatoms. The number of hydrogen-bond donors (Lipinski definition) is 0. The van der Waals surface area contributed by atoms with Gasteiger partial charge in [0.25, 0.3) is 0 Å². The van der Waals surface area contributed by atoms with Gasteiger partial charge in [-0.2, -0.15) is 13.2 Å². The van der Waals surface area contributed by atoms with Gasteiger partial charge in [-0.1, -0.05) is 0 Å². The number of halogens is 5. The monoisotopic (exact) mass is 238 g/mol. The number of benzene rings is 1. The highest BCUT2D eigenvalue weighted by Crippen LogP contribution is 2.22. The smallest absolute Gasteiger partial charge is 0.294 e. The van der Waals surface area contributed by atoms with Crippen molar-refractivity contribution >= 4 is 5.78 Å². The Kier molecular flexibility index (Phi) is 3.62. The second-order valence-corrected chi connectivity index (χ2v) is 3.20. The molecule has 0 fully saturated rings. The Balaban J connectivity index is 2.73. The van der Waals surface area contributed by atoms with Crippen LogP contribution in [0.2, 0.25) is 0 Å². The summed E-state index contributed by atoms with van der Waals surface area (Å²) in [6.45, 7) is 0. The zero-order valence-corrected chi connectivity index (χ0v) is 7.94. The predicted octanol–water partition coefficient (Wildman–Crippen LogP) is 3.49. The Morgan fingerprint density at radius 1 is 1.06 bits per heavy atom. The standard InChI is InChI=1S/C10H7F5O/c11-7-3-6(4-8(12)5-7)9(16)1-2-10(13,14)15/h3-5H,1-2H2. The molecule has 0 atom stereocenters. The van der Waals surface area contributed by atoms with E-state index in [1.165, 1.54) is 0 Å². The first-order chi connectivity index (χ1) is 7.28. The van der Waals surface area contributed by atoms with E-state index < -0.39 is 36.4 Å². The molecule has 0 saturated carbocycles. The quantitative estimate of drug-likeness (QED) is 0.582. The van der Waals surface area contributed by atoms with E-state index in [0.29, 0.717) is 18.2 Å². The topological polar surface area (TPSA) is 17.1 Å². The highest BCUT2D eigenvalue weighted by atomic mass is 19.4. The lowest BCUT2D eigenvalue weighted by atomic mass is 10.1. The average Bonchev–Trinajstić information content (AvgIpc) is 2.11. The van der Waals surface area contributed by atoms with Crippen LogP contribution in [-0.2, 0) is 0 Å². The summed E-state index contributed by atoms with van der Waals surface area (Å²) in [5, 5.41) is 0. The molecule has 1 rings (SSSR count). The lowest BCUT2D eigenvalue weighted by Gasteiger charge is -2.05. The van der Waals surface area contributed by atoms with Gasteiger partial charge in [-0.25, -0.2) is 8.78 Å². The second-order valence-electron chi connectivity index (χ2n) is 3.20.